The second-order valence-corrected chi connectivity index (χ2v) is 7.59. The first-order valence-corrected chi connectivity index (χ1v) is 10.4. The van der Waals surface area contributed by atoms with E-state index in [2.05, 4.69) is 10.6 Å². The number of thioether (sulfide) groups is 1. The fourth-order valence-corrected chi connectivity index (χ4v) is 3.83. The van der Waals surface area contributed by atoms with Crippen molar-refractivity contribution in [1.29, 1.82) is 0 Å². The number of anilines is 1. The zero-order valence-corrected chi connectivity index (χ0v) is 16.8. The van der Waals surface area contributed by atoms with Crippen LogP contribution in [0.3, 0.4) is 0 Å². The molecule has 0 bridgehead atoms. The van der Waals surface area contributed by atoms with Gasteiger partial charge in [-0.05, 0) is 36.1 Å². The van der Waals surface area contributed by atoms with Crippen LogP contribution in [0.4, 0.5) is 14.9 Å². The molecule has 3 amide bonds. The summed E-state index contributed by atoms with van der Waals surface area (Å²) in [5.74, 6) is -1.71. The number of halogens is 1. The summed E-state index contributed by atoms with van der Waals surface area (Å²) in [5, 5.41) is 5.21. The Kier molecular flexibility index (Phi) is 5.45. The van der Waals surface area contributed by atoms with Gasteiger partial charge in [0.2, 0.25) is 5.91 Å². The third kappa shape index (κ3) is 3.76. The second-order valence-electron chi connectivity index (χ2n) is 6.71. The highest BCUT2D eigenvalue weighted by molar-refractivity contribution is 7.98. The minimum atomic E-state index is -0.663. The van der Waals surface area contributed by atoms with Crippen molar-refractivity contribution in [1.82, 2.24) is 10.2 Å². The van der Waals surface area contributed by atoms with Gasteiger partial charge in [0.05, 0.1) is 23.0 Å². The summed E-state index contributed by atoms with van der Waals surface area (Å²) < 4.78 is 18.9. The van der Waals surface area contributed by atoms with E-state index in [1.54, 1.807) is 17.8 Å². The highest BCUT2D eigenvalue weighted by atomic mass is 32.2. The number of rotatable bonds is 5. The molecular weight excluding hydrogens is 409 g/mol. The molecule has 2 aliphatic rings. The Morgan fingerprint density at radius 2 is 1.97 bits per heavy atom. The molecule has 2 aliphatic heterocycles. The van der Waals surface area contributed by atoms with Crippen LogP contribution in [0.5, 0.6) is 0 Å². The fraction of sp³-hybridized carbons (Fsp3) is 0.190. The van der Waals surface area contributed by atoms with Crippen LogP contribution in [-0.4, -0.2) is 42.2 Å². The topological polar surface area (TPSA) is 87.7 Å². The summed E-state index contributed by atoms with van der Waals surface area (Å²) in [6, 6.07) is 12.0. The fourth-order valence-electron chi connectivity index (χ4n) is 3.42. The van der Waals surface area contributed by atoms with Crippen LogP contribution in [0.2, 0.25) is 0 Å². The largest absolute Gasteiger partial charge is 0.456 e. The number of nitrogens with one attached hydrogen (secondary N) is 2. The molecule has 154 valence electrons. The lowest BCUT2D eigenvalue weighted by molar-refractivity contribution is -0.136. The predicted octanol–water partition coefficient (Wildman–Crippen LogP) is 3.06. The van der Waals surface area contributed by atoms with Crippen LogP contribution < -0.4 is 10.6 Å². The number of urea groups is 1. The molecule has 0 aromatic heterocycles. The molecule has 4 rings (SSSR count). The highest BCUT2D eigenvalue weighted by Crippen LogP contribution is 2.35. The number of hydrogen-bond donors (Lipinski definition) is 2. The number of cyclic esters (lactones) is 1. The summed E-state index contributed by atoms with van der Waals surface area (Å²) in [7, 11) is 0. The van der Waals surface area contributed by atoms with Gasteiger partial charge in [0, 0.05) is 4.90 Å². The van der Waals surface area contributed by atoms with Crippen molar-refractivity contribution in [2.24, 2.45) is 0 Å². The molecule has 1 atom stereocenters. The maximum absolute atomic E-state index is 13.8. The third-order valence-electron chi connectivity index (χ3n) is 4.90. The van der Waals surface area contributed by atoms with E-state index in [4.69, 9.17) is 4.74 Å². The van der Waals surface area contributed by atoms with Gasteiger partial charge in [-0.1, -0.05) is 24.3 Å². The molecule has 0 spiro atoms. The van der Waals surface area contributed by atoms with E-state index in [9.17, 15) is 18.8 Å². The van der Waals surface area contributed by atoms with Crippen LogP contribution in [0.25, 0.3) is 0 Å². The van der Waals surface area contributed by atoms with Gasteiger partial charge >= 0.3 is 12.0 Å². The standard InChI is InChI=1S/C21H18FN3O4S/c1-30-13-8-6-12(7-9-13)19-18-16(11-29-20(18)27)25(21(28)24-19)10-17(26)23-15-5-3-2-4-14(15)22/h2-9,19H,10-11H2,1H3,(H,23,26)(H,24,28)/t19-/m1/s1. The van der Waals surface area contributed by atoms with Crippen LogP contribution in [0, 0.1) is 5.82 Å². The van der Waals surface area contributed by atoms with Crippen LogP contribution in [0.1, 0.15) is 11.6 Å². The van der Waals surface area contributed by atoms with Crippen molar-refractivity contribution in [3.63, 3.8) is 0 Å². The average molecular weight is 427 g/mol. The molecule has 7 nitrogen and oxygen atoms in total. The first-order chi connectivity index (χ1) is 14.5. The van der Waals surface area contributed by atoms with Gasteiger partial charge < -0.3 is 15.4 Å². The molecule has 2 heterocycles. The van der Waals surface area contributed by atoms with Gasteiger partial charge in [-0.2, -0.15) is 0 Å². The molecule has 0 saturated carbocycles. The number of carbonyl (C=O) groups is 3. The Balaban J connectivity index is 1.59. The van der Waals surface area contributed by atoms with E-state index in [0.717, 1.165) is 15.4 Å². The van der Waals surface area contributed by atoms with Gasteiger partial charge in [-0.25, -0.2) is 14.0 Å². The minimum absolute atomic E-state index is 0.0135. The summed E-state index contributed by atoms with van der Waals surface area (Å²) in [4.78, 5) is 39.8. The number of para-hydroxylation sites is 1. The molecule has 0 fully saturated rings. The Hall–Kier alpha value is -3.33. The molecule has 2 N–H and O–H groups in total. The van der Waals surface area contributed by atoms with Gasteiger partial charge in [-0.15, -0.1) is 11.8 Å². The molecule has 2 aromatic rings. The normalized spacial score (nSPS) is 18.1. The van der Waals surface area contributed by atoms with Crippen LogP contribution in [-0.2, 0) is 14.3 Å². The van der Waals surface area contributed by atoms with Crippen molar-refractivity contribution in [2.45, 2.75) is 10.9 Å². The summed E-state index contributed by atoms with van der Waals surface area (Å²) in [6.45, 7) is -0.484. The monoisotopic (exact) mass is 427 g/mol. The zero-order chi connectivity index (χ0) is 21.3. The maximum Gasteiger partial charge on any atom is 0.338 e. The lowest BCUT2D eigenvalue weighted by Gasteiger charge is -2.32. The Bertz CT molecular complexity index is 1050. The number of esters is 1. The summed E-state index contributed by atoms with van der Waals surface area (Å²) in [6.07, 6.45) is 1.95. The van der Waals surface area contributed by atoms with Crippen LogP contribution in [0.15, 0.2) is 64.7 Å². The van der Waals surface area contributed by atoms with Crippen molar-refractivity contribution in [3.8, 4) is 0 Å². The van der Waals surface area contributed by atoms with Gasteiger partial charge in [0.15, 0.2) is 0 Å². The quantitative estimate of drug-likeness (QED) is 0.566. The van der Waals surface area contributed by atoms with Crippen molar-refractivity contribution < 1.29 is 23.5 Å². The van der Waals surface area contributed by atoms with Crippen LogP contribution >= 0.6 is 11.8 Å². The number of amides is 3. The Morgan fingerprint density at radius 3 is 2.67 bits per heavy atom. The number of benzene rings is 2. The predicted molar refractivity (Wildman–Crippen MR) is 109 cm³/mol. The smallest absolute Gasteiger partial charge is 0.338 e. The molecule has 9 heteroatoms. The maximum atomic E-state index is 13.8. The SMILES string of the molecule is CSc1ccc([C@H]2NC(=O)N(CC(=O)Nc3ccccc3F)C3=C2C(=O)OC3)cc1. The zero-order valence-electron chi connectivity index (χ0n) is 16.0. The van der Waals surface area contributed by atoms with E-state index in [0.29, 0.717) is 11.3 Å². The van der Waals surface area contributed by atoms with E-state index >= 15 is 0 Å². The summed E-state index contributed by atoms with van der Waals surface area (Å²) >= 11 is 1.58. The van der Waals surface area contributed by atoms with Gasteiger partial charge in [0.1, 0.15) is 19.0 Å². The van der Waals surface area contributed by atoms with Crippen molar-refractivity contribution in [2.75, 3.05) is 24.7 Å². The minimum Gasteiger partial charge on any atom is -0.456 e. The number of nitrogens with zero attached hydrogens (tertiary/aromatic N) is 1. The average Bonchev–Trinajstić information content (AvgIpc) is 3.13. The highest BCUT2D eigenvalue weighted by Gasteiger charge is 2.42. The first-order valence-electron chi connectivity index (χ1n) is 9.14. The van der Waals surface area contributed by atoms with E-state index in [1.807, 2.05) is 30.5 Å². The lowest BCUT2D eigenvalue weighted by atomic mass is 9.96. The molecule has 0 saturated heterocycles. The number of carbonyl (C=O) groups excluding carboxylic acids is 3. The van der Waals surface area contributed by atoms with E-state index in [1.165, 1.54) is 18.2 Å². The van der Waals surface area contributed by atoms with E-state index in [-0.39, 0.29) is 18.8 Å². The molecule has 0 radical (unpaired) electrons. The lowest BCUT2D eigenvalue weighted by Crippen LogP contribution is -2.49. The Labute approximate surface area is 176 Å². The number of ether oxygens (including phenoxy) is 1. The third-order valence-corrected chi connectivity index (χ3v) is 5.64. The van der Waals surface area contributed by atoms with Gasteiger partial charge in [0.25, 0.3) is 0 Å². The number of hydrogen-bond acceptors (Lipinski definition) is 5. The van der Waals surface area contributed by atoms with E-state index < -0.39 is 29.8 Å². The van der Waals surface area contributed by atoms with Gasteiger partial charge in [-0.3, -0.25) is 9.69 Å². The first kappa shape index (κ1) is 20.0. The van der Waals surface area contributed by atoms with Crippen molar-refractivity contribution in [3.05, 3.63) is 71.2 Å². The molecule has 0 aliphatic carbocycles. The molecular formula is C21H18FN3O4S. The molecule has 30 heavy (non-hydrogen) atoms. The molecule has 0 unspecified atom stereocenters. The molecule has 2 aromatic carbocycles. The van der Waals surface area contributed by atoms with Crippen molar-refractivity contribution >= 4 is 35.4 Å². The second kappa shape index (κ2) is 8.19. The Morgan fingerprint density at radius 1 is 1.23 bits per heavy atom. The summed E-state index contributed by atoms with van der Waals surface area (Å²) in [5.41, 5.74) is 1.39.